The van der Waals surface area contributed by atoms with Gasteiger partial charge in [-0.3, -0.25) is 0 Å². The number of rotatable bonds is 4. The van der Waals surface area contributed by atoms with Crippen LogP contribution in [0.15, 0.2) is 24.3 Å². The second-order valence-corrected chi connectivity index (χ2v) is 5.17. The van der Waals surface area contributed by atoms with Gasteiger partial charge in [-0.25, -0.2) is 10.8 Å². The fourth-order valence-corrected chi connectivity index (χ4v) is 2.12. The van der Waals surface area contributed by atoms with E-state index in [9.17, 15) is 0 Å². The molecule has 3 N–H and O–H groups in total. The summed E-state index contributed by atoms with van der Waals surface area (Å²) in [4.78, 5) is 4.29. The molecule has 0 saturated carbocycles. The maximum Gasteiger partial charge on any atom is 0.140 e. The largest absolute Gasteiger partial charge is 0.487 e. The lowest BCUT2D eigenvalue weighted by molar-refractivity contribution is 0.299. The first-order valence-electron chi connectivity index (χ1n) is 6.34. The van der Waals surface area contributed by atoms with E-state index in [1.54, 1.807) is 12.1 Å². The molecule has 0 aliphatic rings. The van der Waals surface area contributed by atoms with E-state index in [4.69, 9.17) is 22.2 Å². The van der Waals surface area contributed by atoms with E-state index < -0.39 is 0 Å². The molecule has 4 nitrogen and oxygen atoms in total. The van der Waals surface area contributed by atoms with Gasteiger partial charge in [0.25, 0.3) is 0 Å². The Labute approximate surface area is 123 Å². The number of benzene rings is 1. The number of ether oxygens (including phenoxy) is 1. The number of hydrazine groups is 1. The van der Waals surface area contributed by atoms with Gasteiger partial charge in [0.1, 0.15) is 18.2 Å². The maximum absolute atomic E-state index is 6.11. The first-order valence-corrected chi connectivity index (χ1v) is 6.71. The van der Waals surface area contributed by atoms with Crippen molar-refractivity contribution in [3.63, 3.8) is 0 Å². The Morgan fingerprint density at radius 1 is 1.25 bits per heavy atom. The molecule has 2 aromatic rings. The number of nitrogens with zero attached hydrogens (tertiary/aromatic N) is 1. The lowest BCUT2D eigenvalue weighted by atomic mass is 10.1. The molecule has 0 amide bonds. The van der Waals surface area contributed by atoms with Crippen LogP contribution in [0.4, 0.5) is 5.82 Å². The van der Waals surface area contributed by atoms with Crippen molar-refractivity contribution in [3.05, 3.63) is 51.7 Å². The summed E-state index contributed by atoms with van der Waals surface area (Å²) in [6, 6.07) is 7.61. The Kier molecular flexibility index (Phi) is 4.47. The highest BCUT2D eigenvalue weighted by molar-refractivity contribution is 6.31. The van der Waals surface area contributed by atoms with Gasteiger partial charge >= 0.3 is 0 Å². The number of aromatic nitrogens is 1. The molecule has 0 aliphatic heterocycles. The predicted octanol–water partition coefficient (Wildman–Crippen LogP) is 3.52. The summed E-state index contributed by atoms with van der Waals surface area (Å²) in [7, 11) is 0. The van der Waals surface area contributed by atoms with Gasteiger partial charge in [-0.05, 0) is 55.7 Å². The lowest BCUT2D eigenvalue weighted by Gasteiger charge is -2.13. The third kappa shape index (κ3) is 3.21. The number of anilines is 1. The first-order chi connectivity index (χ1) is 9.51. The highest BCUT2D eigenvalue weighted by atomic mass is 35.5. The Morgan fingerprint density at radius 3 is 2.70 bits per heavy atom. The minimum atomic E-state index is 0.304. The molecule has 5 heteroatoms. The van der Waals surface area contributed by atoms with E-state index in [-0.39, 0.29) is 0 Å². The standard InChI is InChI=1S/C15H18ClN3O/c1-9-6-10(2)11(3)14(7-9)20-8-13-12(16)4-5-15(18-13)19-17/h4-7H,8,17H2,1-3H3,(H,18,19). The van der Waals surface area contributed by atoms with Gasteiger partial charge < -0.3 is 10.2 Å². The number of halogens is 1. The average Bonchev–Trinajstić information content (AvgIpc) is 2.42. The molecular weight excluding hydrogens is 274 g/mol. The zero-order valence-corrected chi connectivity index (χ0v) is 12.6. The summed E-state index contributed by atoms with van der Waals surface area (Å²) in [5, 5.41) is 0.561. The van der Waals surface area contributed by atoms with Gasteiger partial charge in [0.15, 0.2) is 0 Å². The van der Waals surface area contributed by atoms with Crippen LogP contribution in [0.3, 0.4) is 0 Å². The number of aryl methyl sites for hydroxylation is 2. The molecule has 0 spiro atoms. The van der Waals surface area contributed by atoms with E-state index in [0.29, 0.717) is 23.1 Å². The van der Waals surface area contributed by atoms with Crippen molar-refractivity contribution in [2.45, 2.75) is 27.4 Å². The molecule has 20 heavy (non-hydrogen) atoms. The fraction of sp³-hybridized carbons (Fsp3) is 0.267. The molecule has 106 valence electrons. The molecule has 1 heterocycles. The quantitative estimate of drug-likeness (QED) is 0.668. The highest BCUT2D eigenvalue weighted by Gasteiger charge is 2.08. The van der Waals surface area contributed by atoms with E-state index >= 15 is 0 Å². The zero-order valence-electron chi connectivity index (χ0n) is 11.8. The molecule has 0 radical (unpaired) electrons. The second-order valence-electron chi connectivity index (χ2n) is 4.76. The van der Waals surface area contributed by atoms with Crippen molar-refractivity contribution in [1.82, 2.24) is 4.98 Å². The SMILES string of the molecule is Cc1cc(C)c(C)c(OCc2nc(NN)ccc2Cl)c1. The number of hydrogen-bond acceptors (Lipinski definition) is 4. The summed E-state index contributed by atoms with van der Waals surface area (Å²) >= 11 is 6.11. The fourth-order valence-electron chi connectivity index (χ4n) is 1.96. The molecular formula is C15H18ClN3O. The van der Waals surface area contributed by atoms with Crippen LogP contribution in [0.2, 0.25) is 5.02 Å². The van der Waals surface area contributed by atoms with Gasteiger partial charge in [0.05, 0.1) is 10.7 Å². The van der Waals surface area contributed by atoms with E-state index in [0.717, 1.165) is 11.3 Å². The van der Waals surface area contributed by atoms with Crippen molar-refractivity contribution < 1.29 is 4.74 Å². The second kappa shape index (κ2) is 6.11. The van der Waals surface area contributed by atoms with E-state index in [2.05, 4.69) is 23.4 Å². The smallest absolute Gasteiger partial charge is 0.140 e. The predicted molar refractivity (Wildman–Crippen MR) is 82.0 cm³/mol. The average molecular weight is 292 g/mol. The number of nitrogens with two attached hydrogens (primary N) is 1. The normalized spacial score (nSPS) is 10.4. The Balaban J connectivity index is 2.21. The Hall–Kier alpha value is -1.78. The van der Waals surface area contributed by atoms with Crippen LogP contribution in [0, 0.1) is 20.8 Å². The molecule has 1 aromatic heterocycles. The van der Waals surface area contributed by atoms with Crippen molar-refractivity contribution >= 4 is 17.4 Å². The summed E-state index contributed by atoms with van der Waals surface area (Å²) in [5.41, 5.74) is 6.65. The summed E-state index contributed by atoms with van der Waals surface area (Å²) in [5.74, 6) is 6.76. The third-order valence-electron chi connectivity index (χ3n) is 3.19. The molecule has 0 fully saturated rings. The van der Waals surface area contributed by atoms with Crippen LogP contribution in [0.25, 0.3) is 0 Å². The third-order valence-corrected chi connectivity index (χ3v) is 3.54. The highest BCUT2D eigenvalue weighted by Crippen LogP contribution is 2.25. The topological polar surface area (TPSA) is 60.2 Å². The molecule has 0 atom stereocenters. The molecule has 0 saturated heterocycles. The van der Waals surface area contributed by atoms with Crippen LogP contribution < -0.4 is 16.0 Å². The van der Waals surface area contributed by atoms with Gasteiger partial charge in [0.2, 0.25) is 0 Å². The van der Waals surface area contributed by atoms with Gasteiger partial charge in [-0.2, -0.15) is 0 Å². The molecule has 2 rings (SSSR count). The molecule has 0 unspecified atom stereocenters. The molecule has 0 aliphatic carbocycles. The van der Waals surface area contributed by atoms with E-state index in [1.165, 1.54) is 11.1 Å². The van der Waals surface area contributed by atoms with Crippen LogP contribution >= 0.6 is 11.6 Å². The van der Waals surface area contributed by atoms with Crippen molar-refractivity contribution in [2.75, 3.05) is 5.43 Å². The number of nitrogen functional groups attached to an aromatic ring is 1. The maximum atomic E-state index is 6.11. The van der Waals surface area contributed by atoms with Gasteiger partial charge in [-0.15, -0.1) is 0 Å². The van der Waals surface area contributed by atoms with Gasteiger partial charge in [0, 0.05) is 0 Å². The van der Waals surface area contributed by atoms with Crippen molar-refractivity contribution in [3.8, 4) is 5.75 Å². The summed E-state index contributed by atoms with van der Waals surface area (Å²) in [6.07, 6.45) is 0. The summed E-state index contributed by atoms with van der Waals surface area (Å²) < 4.78 is 5.85. The van der Waals surface area contributed by atoms with Gasteiger partial charge in [-0.1, -0.05) is 17.7 Å². The minimum absolute atomic E-state index is 0.304. The first kappa shape index (κ1) is 14.6. The number of hydrogen-bond donors (Lipinski definition) is 2. The molecule has 1 aromatic carbocycles. The zero-order chi connectivity index (χ0) is 14.7. The van der Waals surface area contributed by atoms with Crippen LogP contribution in [0.5, 0.6) is 5.75 Å². The molecule has 0 bridgehead atoms. The van der Waals surface area contributed by atoms with Crippen LogP contribution in [-0.2, 0) is 6.61 Å². The van der Waals surface area contributed by atoms with Crippen molar-refractivity contribution in [2.24, 2.45) is 5.84 Å². The van der Waals surface area contributed by atoms with Crippen LogP contribution in [-0.4, -0.2) is 4.98 Å². The van der Waals surface area contributed by atoms with Crippen LogP contribution in [0.1, 0.15) is 22.4 Å². The number of nitrogens with one attached hydrogen (secondary N) is 1. The minimum Gasteiger partial charge on any atom is -0.487 e. The Bertz CT molecular complexity index is 629. The van der Waals surface area contributed by atoms with E-state index in [1.807, 2.05) is 19.9 Å². The Morgan fingerprint density at radius 2 is 2.00 bits per heavy atom. The monoisotopic (exact) mass is 291 g/mol. The summed E-state index contributed by atoms with van der Waals surface area (Å²) in [6.45, 7) is 6.46. The number of pyridine rings is 1. The van der Waals surface area contributed by atoms with Crippen molar-refractivity contribution in [1.29, 1.82) is 0 Å². The lowest BCUT2D eigenvalue weighted by Crippen LogP contribution is -2.10.